The van der Waals surface area contributed by atoms with Gasteiger partial charge in [-0.3, -0.25) is 9.59 Å². The summed E-state index contributed by atoms with van der Waals surface area (Å²) < 4.78 is 6.47. The molecule has 24 heavy (non-hydrogen) atoms. The van der Waals surface area contributed by atoms with Crippen molar-refractivity contribution in [2.75, 3.05) is 0 Å². The Morgan fingerprint density at radius 2 is 2.00 bits per heavy atom. The smallest absolute Gasteiger partial charge is 0.277 e. The van der Waals surface area contributed by atoms with E-state index in [0.29, 0.717) is 0 Å². The molecule has 0 saturated carbocycles. The minimum absolute atomic E-state index is 0.0789. The lowest BCUT2D eigenvalue weighted by Gasteiger charge is -1.99. The second-order valence-corrected chi connectivity index (χ2v) is 5.25. The lowest BCUT2D eigenvalue weighted by Crippen LogP contribution is -2.15. The molecule has 1 aromatic carbocycles. The summed E-state index contributed by atoms with van der Waals surface area (Å²) in [6.45, 7) is 0. The van der Waals surface area contributed by atoms with Crippen LogP contribution >= 0.6 is 0 Å². The number of hydrogen-bond acceptors (Lipinski definition) is 6. The Morgan fingerprint density at radius 3 is 2.83 bits per heavy atom. The molecule has 0 saturated heterocycles. The number of pyridine rings is 1. The second kappa shape index (κ2) is 5.27. The van der Waals surface area contributed by atoms with Gasteiger partial charge in [0.2, 0.25) is 5.82 Å². The Hall–Kier alpha value is -3.55. The first kappa shape index (κ1) is 14.1. The zero-order chi connectivity index (χ0) is 16.7. The van der Waals surface area contributed by atoms with E-state index in [4.69, 9.17) is 4.52 Å². The van der Waals surface area contributed by atoms with E-state index in [2.05, 4.69) is 20.1 Å². The molecule has 0 amide bonds. The molecule has 0 aliphatic heterocycles. The van der Waals surface area contributed by atoms with Crippen molar-refractivity contribution in [1.82, 2.24) is 24.7 Å². The number of benzene rings is 1. The van der Waals surface area contributed by atoms with Crippen LogP contribution in [0.15, 0.2) is 56.8 Å². The molecule has 0 fully saturated rings. The molecule has 0 radical (unpaired) electrons. The maximum atomic E-state index is 12.2. The predicted octanol–water partition coefficient (Wildman–Crippen LogP) is 1.34. The first-order valence-corrected chi connectivity index (χ1v) is 7.11. The normalized spacial score (nSPS) is 11.0. The molecule has 3 heterocycles. The fourth-order valence-electron chi connectivity index (χ4n) is 2.33. The van der Waals surface area contributed by atoms with Crippen molar-refractivity contribution in [1.29, 1.82) is 0 Å². The third kappa shape index (κ3) is 2.30. The van der Waals surface area contributed by atoms with Crippen LogP contribution in [-0.4, -0.2) is 24.7 Å². The van der Waals surface area contributed by atoms with Crippen LogP contribution in [0.25, 0.3) is 33.9 Å². The average molecular weight is 321 g/mol. The summed E-state index contributed by atoms with van der Waals surface area (Å²) in [5, 5.41) is 4.68. The van der Waals surface area contributed by atoms with Gasteiger partial charge in [0.25, 0.3) is 17.0 Å². The van der Waals surface area contributed by atoms with Crippen LogP contribution in [0.4, 0.5) is 0 Å². The summed E-state index contributed by atoms with van der Waals surface area (Å²) in [6.07, 6.45) is 1.37. The first-order chi connectivity index (χ1) is 11.6. The molecule has 8 nitrogen and oxygen atoms in total. The Labute approximate surface area is 134 Å². The number of hydrogen-bond donors (Lipinski definition) is 1. The van der Waals surface area contributed by atoms with Gasteiger partial charge in [0.15, 0.2) is 0 Å². The number of aryl methyl sites for hydroxylation is 1. The summed E-state index contributed by atoms with van der Waals surface area (Å²) in [5.41, 5.74) is 0.700. The van der Waals surface area contributed by atoms with Crippen LogP contribution in [-0.2, 0) is 7.05 Å². The lowest BCUT2D eigenvalue weighted by molar-refractivity contribution is 0.430. The SMILES string of the molecule is Cn1cnc(-c2nc(-c3cc4ccccc4[nH]c3=O)no2)cc1=O. The zero-order valence-electron chi connectivity index (χ0n) is 12.6. The molecular formula is C16H11N5O3. The summed E-state index contributed by atoms with van der Waals surface area (Å²) in [4.78, 5) is 34.9. The van der Waals surface area contributed by atoms with Crippen LogP contribution in [0.2, 0.25) is 0 Å². The fraction of sp³-hybridized carbons (Fsp3) is 0.0625. The summed E-state index contributed by atoms with van der Waals surface area (Å²) in [7, 11) is 1.59. The number of rotatable bonds is 2. The van der Waals surface area contributed by atoms with E-state index in [1.807, 2.05) is 24.3 Å². The average Bonchev–Trinajstić information content (AvgIpc) is 3.06. The quantitative estimate of drug-likeness (QED) is 0.597. The highest BCUT2D eigenvalue weighted by atomic mass is 16.5. The number of H-pyrrole nitrogens is 1. The minimum atomic E-state index is -0.321. The van der Waals surface area contributed by atoms with Crippen molar-refractivity contribution in [3.63, 3.8) is 0 Å². The van der Waals surface area contributed by atoms with E-state index in [-0.39, 0.29) is 34.1 Å². The van der Waals surface area contributed by atoms with Crippen LogP contribution in [0.1, 0.15) is 0 Å². The molecule has 3 aromatic heterocycles. The van der Waals surface area contributed by atoms with E-state index in [0.717, 1.165) is 10.9 Å². The van der Waals surface area contributed by atoms with Crippen LogP contribution < -0.4 is 11.1 Å². The molecule has 1 N–H and O–H groups in total. The zero-order valence-corrected chi connectivity index (χ0v) is 12.6. The summed E-state index contributed by atoms with van der Waals surface area (Å²) in [5.74, 6) is 0.217. The van der Waals surface area contributed by atoms with Crippen LogP contribution in [0.5, 0.6) is 0 Å². The maximum Gasteiger partial charge on any atom is 0.277 e. The number of nitrogens with one attached hydrogen (secondary N) is 1. The summed E-state index contributed by atoms with van der Waals surface area (Å²) >= 11 is 0. The van der Waals surface area contributed by atoms with Crippen LogP contribution in [0.3, 0.4) is 0 Å². The van der Waals surface area contributed by atoms with Crippen molar-refractivity contribution in [2.45, 2.75) is 0 Å². The third-order valence-electron chi connectivity index (χ3n) is 3.62. The van der Waals surface area contributed by atoms with E-state index in [1.165, 1.54) is 17.0 Å². The topological polar surface area (TPSA) is 107 Å². The molecule has 4 aromatic rings. The highest BCUT2D eigenvalue weighted by Crippen LogP contribution is 2.20. The second-order valence-electron chi connectivity index (χ2n) is 5.25. The van der Waals surface area contributed by atoms with Gasteiger partial charge in [0.05, 0.1) is 11.9 Å². The van der Waals surface area contributed by atoms with Gasteiger partial charge >= 0.3 is 0 Å². The van der Waals surface area contributed by atoms with Crippen LogP contribution in [0, 0.1) is 0 Å². The Bertz CT molecular complexity index is 1170. The molecule has 0 aliphatic rings. The van der Waals surface area contributed by atoms with Gasteiger partial charge in [-0.05, 0) is 17.5 Å². The molecule has 0 bridgehead atoms. The Kier molecular flexibility index (Phi) is 3.09. The third-order valence-corrected chi connectivity index (χ3v) is 3.62. The monoisotopic (exact) mass is 321 g/mol. The molecule has 0 spiro atoms. The van der Waals surface area contributed by atoms with Gasteiger partial charge < -0.3 is 14.1 Å². The summed E-state index contributed by atoms with van der Waals surface area (Å²) in [6, 6.07) is 10.4. The molecule has 0 aliphatic carbocycles. The van der Waals surface area contributed by atoms with Crippen molar-refractivity contribution < 1.29 is 4.52 Å². The fourth-order valence-corrected chi connectivity index (χ4v) is 2.33. The molecule has 0 unspecified atom stereocenters. The van der Waals surface area contributed by atoms with Gasteiger partial charge in [0.1, 0.15) is 5.69 Å². The van der Waals surface area contributed by atoms with Gasteiger partial charge in [-0.2, -0.15) is 4.98 Å². The molecule has 0 atom stereocenters. The van der Waals surface area contributed by atoms with E-state index in [9.17, 15) is 9.59 Å². The standard InChI is InChI=1S/C16H11N5O3/c1-21-8-17-12(7-13(21)22)16-19-14(20-24-16)10-6-9-4-2-3-5-11(9)18-15(10)23/h2-8H,1H3,(H,18,23). The molecule has 4 rings (SSSR count). The van der Waals surface area contributed by atoms with E-state index in [1.54, 1.807) is 13.1 Å². The van der Waals surface area contributed by atoms with Gasteiger partial charge in [-0.1, -0.05) is 23.4 Å². The van der Waals surface area contributed by atoms with Gasteiger partial charge in [-0.15, -0.1) is 0 Å². The number of fused-ring (bicyclic) bond motifs is 1. The maximum absolute atomic E-state index is 12.2. The highest BCUT2D eigenvalue weighted by Gasteiger charge is 2.15. The molecule has 8 heteroatoms. The number of aromatic amines is 1. The van der Waals surface area contributed by atoms with E-state index >= 15 is 0 Å². The van der Waals surface area contributed by atoms with Gasteiger partial charge in [0, 0.05) is 18.6 Å². The van der Waals surface area contributed by atoms with Gasteiger partial charge in [-0.25, -0.2) is 4.98 Å². The van der Waals surface area contributed by atoms with E-state index < -0.39 is 0 Å². The van der Waals surface area contributed by atoms with Crippen molar-refractivity contribution in [2.24, 2.45) is 7.05 Å². The minimum Gasteiger partial charge on any atom is -0.332 e. The van der Waals surface area contributed by atoms with Crippen molar-refractivity contribution >= 4 is 10.9 Å². The number of aromatic nitrogens is 5. The lowest BCUT2D eigenvalue weighted by atomic mass is 10.1. The molecular weight excluding hydrogens is 310 g/mol. The van der Waals surface area contributed by atoms with Crippen molar-refractivity contribution in [3.8, 4) is 23.0 Å². The molecule has 118 valence electrons. The Balaban J connectivity index is 1.82. The predicted molar refractivity (Wildman–Crippen MR) is 86.3 cm³/mol. The number of para-hydroxylation sites is 1. The van der Waals surface area contributed by atoms with Crippen molar-refractivity contribution in [3.05, 3.63) is 63.4 Å². The number of nitrogens with zero attached hydrogens (tertiary/aromatic N) is 4. The highest BCUT2D eigenvalue weighted by molar-refractivity contribution is 5.82. The Morgan fingerprint density at radius 1 is 1.17 bits per heavy atom. The largest absolute Gasteiger partial charge is 0.332 e. The first-order valence-electron chi connectivity index (χ1n) is 7.11.